The molecule has 20 heavy (non-hydrogen) atoms. The summed E-state index contributed by atoms with van der Waals surface area (Å²) < 4.78 is 5.94. The molecule has 2 heterocycles. The van der Waals surface area contributed by atoms with Crippen LogP contribution in [0.25, 0.3) is 0 Å². The number of nitrogens with zero attached hydrogens (tertiary/aromatic N) is 2. The molecule has 2 aliphatic rings. The predicted octanol–water partition coefficient (Wildman–Crippen LogP) is 2.86. The van der Waals surface area contributed by atoms with Crippen LogP contribution in [0.1, 0.15) is 46.0 Å². The Labute approximate surface area is 125 Å². The second-order valence-corrected chi connectivity index (χ2v) is 6.88. The minimum absolute atomic E-state index is 0.810. The normalized spacial score (nSPS) is 24.3. The van der Waals surface area contributed by atoms with E-state index in [1.165, 1.54) is 64.8 Å². The predicted molar refractivity (Wildman–Crippen MR) is 85.1 cm³/mol. The zero-order valence-electron chi connectivity index (χ0n) is 13.6. The summed E-state index contributed by atoms with van der Waals surface area (Å²) in [7, 11) is 0. The van der Waals surface area contributed by atoms with Crippen molar-refractivity contribution in [1.82, 2.24) is 9.80 Å². The molecule has 3 nitrogen and oxygen atoms in total. The third-order valence-electron chi connectivity index (χ3n) is 5.03. The standard InChI is InChI=1S/C17H34N2O/c1-3-8-18-11-6-17(7-12-18)15-20-14-13-19-9-4-16(2)5-10-19/h16-17H,3-15H2,1-2H3. The highest BCUT2D eigenvalue weighted by Gasteiger charge is 2.19. The van der Waals surface area contributed by atoms with Gasteiger partial charge >= 0.3 is 0 Å². The second-order valence-electron chi connectivity index (χ2n) is 6.88. The summed E-state index contributed by atoms with van der Waals surface area (Å²) in [5, 5.41) is 0. The third kappa shape index (κ3) is 5.71. The van der Waals surface area contributed by atoms with Crippen molar-refractivity contribution >= 4 is 0 Å². The molecule has 0 aromatic heterocycles. The van der Waals surface area contributed by atoms with E-state index in [2.05, 4.69) is 23.6 Å². The van der Waals surface area contributed by atoms with E-state index < -0.39 is 0 Å². The van der Waals surface area contributed by atoms with E-state index in [1.54, 1.807) is 0 Å². The Morgan fingerprint density at radius 3 is 2.15 bits per heavy atom. The van der Waals surface area contributed by atoms with Crippen LogP contribution in [0.4, 0.5) is 0 Å². The Morgan fingerprint density at radius 2 is 1.50 bits per heavy atom. The monoisotopic (exact) mass is 282 g/mol. The molecule has 0 unspecified atom stereocenters. The Morgan fingerprint density at radius 1 is 0.900 bits per heavy atom. The molecular weight excluding hydrogens is 248 g/mol. The second kappa shape index (κ2) is 9.01. The molecule has 2 rings (SSSR count). The van der Waals surface area contributed by atoms with Gasteiger partial charge in [-0.3, -0.25) is 0 Å². The summed E-state index contributed by atoms with van der Waals surface area (Å²) >= 11 is 0. The van der Waals surface area contributed by atoms with E-state index in [0.29, 0.717) is 0 Å². The summed E-state index contributed by atoms with van der Waals surface area (Å²) in [5.74, 6) is 1.74. The number of likely N-dealkylation sites (tertiary alicyclic amines) is 2. The highest BCUT2D eigenvalue weighted by molar-refractivity contribution is 4.72. The lowest BCUT2D eigenvalue weighted by Gasteiger charge is -2.32. The van der Waals surface area contributed by atoms with E-state index in [1.807, 2.05) is 0 Å². The van der Waals surface area contributed by atoms with Crippen LogP contribution in [0.15, 0.2) is 0 Å². The van der Waals surface area contributed by atoms with Crippen molar-refractivity contribution in [3.8, 4) is 0 Å². The molecule has 0 spiro atoms. The first kappa shape index (κ1) is 16.3. The van der Waals surface area contributed by atoms with Crippen molar-refractivity contribution in [3.63, 3.8) is 0 Å². The molecular formula is C17H34N2O. The van der Waals surface area contributed by atoms with Gasteiger partial charge in [0.05, 0.1) is 6.61 Å². The van der Waals surface area contributed by atoms with Crippen molar-refractivity contribution in [1.29, 1.82) is 0 Å². The molecule has 0 bridgehead atoms. The van der Waals surface area contributed by atoms with Crippen LogP contribution in [0, 0.1) is 11.8 Å². The zero-order chi connectivity index (χ0) is 14.2. The quantitative estimate of drug-likeness (QED) is 0.668. The van der Waals surface area contributed by atoms with E-state index in [0.717, 1.165) is 31.6 Å². The lowest BCUT2D eigenvalue weighted by Crippen LogP contribution is -2.37. The van der Waals surface area contributed by atoms with Crippen molar-refractivity contribution in [3.05, 3.63) is 0 Å². The van der Waals surface area contributed by atoms with Crippen LogP contribution in [0.5, 0.6) is 0 Å². The molecule has 0 N–H and O–H groups in total. The highest BCUT2D eigenvalue weighted by Crippen LogP contribution is 2.18. The van der Waals surface area contributed by atoms with Crippen LogP contribution < -0.4 is 0 Å². The zero-order valence-corrected chi connectivity index (χ0v) is 13.6. The Balaban J connectivity index is 1.47. The van der Waals surface area contributed by atoms with Gasteiger partial charge < -0.3 is 14.5 Å². The minimum Gasteiger partial charge on any atom is -0.380 e. The average molecular weight is 282 g/mol. The number of rotatable bonds is 7. The van der Waals surface area contributed by atoms with Crippen LogP contribution in [0.3, 0.4) is 0 Å². The van der Waals surface area contributed by atoms with Crippen molar-refractivity contribution in [2.24, 2.45) is 11.8 Å². The summed E-state index contributed by atoms with van der Waals surface area (Å²) in [6.45, 7) is 14.1. The summed E-state index contributed by atoms with van der Waals surface area (Å²) in [4.78, 5) is 5.18. The van der Waals surface area contributed by atoms with Gasteiger partial charge in [-0.2, -0.15) is 0 Å². The number of hydrogen-bond donors (Lipinski definition) is 0. The molecule has 0 aliphatic carbocycles. The first-order valence-corrected chi connectivity index (χ1v) is 8.80. The lowest BCUT2D eigenvalue weighted by molar-refractivity contribution is 0.0481. The number of ether oxygens (including phenoxy) is 1. The fourth-order valence-electron chi connectivity index (χ4n) is 3.42. The van der Waals surface area contributed by atoms with Gasteiger partial charge in [-0.25, -0.2) is 0 Å². The Hall–Kier alpha value is -0.120. The Bertz CT molecular complexity index is 243. The van der Waals surface area contributed by atoms with Crippen LogP contribution in [0.2, 0.25) is 0 Å². The van der Waals surface area contributed by atoms with Crippen molar-refractivity contribution < 1.29 is 4.74 Å². The molecule has 0 amide bonds. The van der Waals surface area contributed by atoms with Gasteiger partial charge in [0.2, 0.25) is 0 Å². The molecule has 0 aromatic carbocycles. The summed E-state index contributed by atoms with van der Waals surface area (Å²) in [6.07, 6.45) is 6.70. The van der Waals surface area contributed by atoms with E-state index in [-0.39, 0.29) is 0 Å². The fourth-order valence-corrected chi connectivity index (χ4v) is 3.42. The topological polar surface area (TPSA) is 15.7 Å². The maximum atomic E-state index is 5.94. The van der Waals surface area contributed by atoms with Gasteiger partial charge in [-0.1, -0.05) is 13.8 Å². The average Bonchev–Trinajstić information content (AvgIpc) is 2.47. The molecule has 3 heteroatoms. The van der Waals surface area contributed by atoms with Crippen LogP contribution in [-0.4, -0.2) is 62.3 Å². The molecule has 2 saturated heterocycles. The molecule has 0 atom stereocenters. The number of hydrogen-bond acceptors (Lipinski definition) is 3. The van der Waals surface area contributed by atoms with E-state index >= 15 is 0 Å². The molecule has 0 aromatic rings. The summed E-state index contributed by atoms with van der Waals surface area (Å²) in [5.41, 5.74) is 0. The molecule has 2 fully saturated rings. The van der Waals surface area contributed by atoms with E-state index in [9.17, 15) is 0 Å². The molecule has 2 aliphatic heterocycles. The maximum Gasteiger partial charge on any atom is 0.0593 e. The minimum atomic E-state index is 0.810. The number of piperidine rings is 2. The van der Waals surface area contributed by atoms with Crippen LogP contribution in [-0.2, 0) is 4.74 Å². The smallest absolute Gasteiger partial charge is 0.0593 e. The summed E-state index contributed by atoms with van der Waals surface area (Å²) in [6, 6.07) is 0. The van der Waals surface area contributed by atoms with E-state index in [4.69, 9.17) is 4.74 Å². The van der Waals surface area contributed by atoms with Gasteiger partial charge in [-0.15, -0.1) is 0 Å². The highest BCUT2D eigenvalue weighted by atomic mass is 16.5. The first-order chi connectivity index (χ1) is 9.78. The van der Waals surface area contributed by atoms with Crippen molar-refractivity contribution in [2.75, 3.05) is 52.5 Å². The lowest BCUT2D eigenvalue weighted by atomic mass is 9.98. The van der Waals surface area contributed by atoms with Gasteiger partial charge in [-0.05, 0) is 76.7 Å². The van der Waals surface area contributed by atoms with Gasteiger partial charge in [0.25, 0.3) is 0 Å². The largest absolute Gasteiger partial charge is 0.380 e. The Kier molecular flexibility index (Phi) is 7.32. The SMILES string of the molecule is CCCN1CCC(COCCN2CCC(C)CC2)CC1. The molecule has 118 valence electrons. The van der Waals surface area contributed by atoms with Gasteiger partial charge in [0.1, 0.15) is 0 Å². The van der Waals surface area contributed by atoms with Crippen LogP contribution >= 0.6 is 0 Å². The van der Waals surface area contributed by atoms with Gasteiger partial charge in [0.15, 0.2) is 0 Å². The first-order valence-electron chi connectivity index (χ1n) is 8.80. The van der Waals surface area contributed by atoms with Crippen molar-refractivity contribution in [2.45, 2.75) is 46.0 Å². The molecule has 0 radical (unpaired) electrons. The molecule has 0 saturated carbocycles. The third-order valence-corrected chi connectivity index (χ3v) is 5.03. The van der Waals surface area contributed by atoms with Gasteiger partial charge in [0, 0.05) is 13.2 Å². The fraction of sp³-hybridized carbons (Fsp3) is 1.00. The maximum absolute atomic E-state index is 5.94.